The first kappa shape index (κ1) is 40.3. The molecule has 0 bridgehead atoms. The van der Waals surface area contributed by atoms with Gasteiger partial charge in [0.2, 0.25) is 0 Å². The minimum atomic E-state index is -0.179. The van der Waals surface area contributed by atoms with Gasteiger partial charge < -0.3 is 4.90 Å². The van der Waals surface area contributed by atoms with Crippen LogP contribution in [0, 0.1) is 12.8 Å². The van der Waals surface area contributed by atoms with E-state index in [-0.39, 0.29) is 5.41 Å². The Kier molecular flexibility index (Phi) is 10.2. The molecule has 1 heteroatoms. The van der Waals surface area contributed by atoms with Crippen molar-refractivity contribution >= 4 is 40.0 Å². The summed E-state index contributed by atoms with van der Waals surface area (Å²) in [5.74, 6) is 1.48. The van der Waals surface area contributed by atoms with Crippen LogP contribution in [0.3, 0.4) is 0 Å². The standard InChI is InChI=1S/C65H55N/c1-44-25-37-57-60(48-17-8-4-9-18-48)42-52-27-26-51(41-61(52)62(57)39-44)47-30-34-55(35-31-47)66(54-32-28-46(29-33-54)50-20-14-19-49(40-50)45-15-6-3-7-16-45)56-36-38-59-58-23-12-13-24-63(58)65(2,64(59)43-56)53-21-10-5-11-22-53/h3,5-8,10-17,19-25,27-43,48,51,58,63H,4,9,18,26H2,1-2H3. The third-order valence-corrected chi connectivity index (χ3v) is 15.4. The zero-order valence-electron chi connectivity index (χ0n) is 37.9. The molecule has 0 radical (unpaired) electrons. The predicted molar refractivity (Wildman–Crippen MR) is 279 cm³/mol. The lowest BCUT2D eigenvalue weighted by molar-refractivity contribution is 0.426. The predicted octanol–water partition coefficient (Wildman–Crippen LogP) is 15.7. The average Bonchev–Trinajstić information content (AvgIpc) is 3.65. The van der Waals surface area contributed by atoms with Gasteiger partial charge in [0, 0.05) is 46.1 Å². The van der Waals surface area contributed by atoms with Crippen molar-refractivity contribution in [3.05, 3.63) is 256 Å². The van der Waals surface area contributed by atoms with Crippen LogP contribution in [0.4, 0.5) is 17.1 Å². The molecule has 0 aliphatic heterocycles. The molecule has 0 fully saturated rings. The monoisotopic (exact) mass is 849 g/mol. The van der Waals surface area contributed by atoms with E-state index in [1.54, 1.807) is 0 Å². The molecule has 4 aliphatic rings. The molecule has 0 heterocycles. The Bertz CT molecular complexity index is 3340. The van der Waals surface area contributed by atoms with E-state index in [0.717, 1.165) is 17.8 Å². The molecule has 5 atom stereocenters. The fourth-order valence-electron chi connectivity index (χ4n) is 11.9. The fraction of sp³-hybridized carbons (Fsp3) is 0.169. The molecule has 12 rings (SSSR count). The van der Waals surface area contributed by atoms with Crippen LogP contribution in [0.1, 0.15) is 83.7 Å². The summed E-state index contributed by atoms with van der Waals surface area (Å²) in [5.41, 5.74) is 16.5. The van der Waals surface area contributed by atoms with E-state index < -0.39 is 0 Å². The number of hydrogen-bond donors (Lipinski definition) is 0. The molecule has 0 spiro atoms. The van der Waals surface area contributed by atoms with Crippen molar-refractivity contribution in [3.8, 4) is 22.3 Å². The van der Waals surface area contributed by atoms with E-state index in [9.17, 15) is 0 Å². The van der Waals surface area contributed by atoms with E-state index in [2.05, 4.69) is 243 Å². The molecular weight excluding hydrogens is 795 g/mol. The SMILES string of the molecule is Cc1ccc2c(C3C=CCCC3)cc3c(c2c1)=CC(c1ccc(N(c2ccc(-c4cccc(-c5ccccc5)c4)cc2)c2ccc4c(c2)C(C)(c2ccccc2)C2C=CC=CC42)cc1)CC=3. The van der Waals surface area contributed by atoms with Gasteiger partial charge in [-0.2, -0.15) is 0 Å². The van der Waals surface area contributed by atoms with Crippen molar-refractivity contribution in [2.24, 2.45) is 5.92 Å². The maximum absolute atomic E-state index is 2.56. The summed E-state index contributed by atoms with van der Waals surface area (Å²) in [6.07, 6.45) is 23.9. The van der Waals surface area contributed by atoms with Crippen LogP contribution in [-0.2, 0) is 5.41 Å². The van der Waals surface area contributed by atoms with Gasteiger partial charge in [-0.25, -0.2) is 0 Å². The molecule has 66 heavy (non-hydrogen) atoms. The highest BCUT2D eigenvalue weighted by Gasteiger charge is 2.48. The van der Waals surface area contributed by atoms with Gasteiger partial charge in [-0.3, -0.25) is 0 Å². The number of aryl methyl sites for hydroxylation is 1. The topological polar surface area (TPSA) is 3.24 Å². The molecule has 4 aliphatic carbocycles. The second-order valence-corrected chi connectivity index (χ2v) is 19.3. The van der Waals surface area contributed by atoms with E-state index in [0.29, 0.717) is 23.7 Å². The fourth-order valence-corrected chi connectivity index (χ4v) is 11.9. The first-order valence-corrected chi connectivity index (χ1v) is 24.1. The summed E-state index contributed by atoms with van der Waals surface area (Å²) in [4.78, 5) is 2.47. The quantitative estimate of drug-likeness (QED) is 0.138. The van der Waals surface area contributed by atoms with Crippen LogP contribution >= 0.6 is 0 Å². The molecule has 0 saturated heterocycles. The van der Waals surface area contributed by atoms with Crippen LogP contribution in [-0.4, -0.2) is 0 Å². The molecule has 8 aromatic carbocycles. The van der Waals surface area contributed by atoms with Crippen LogP contribution in [0.5, 0.6) is 0 Å². The lowest BCUT2D eigenvalue weighted by Crippen LogP contribution is -2.30. The molecule has 0 saturated carbocycles. The second kappa shape index (κ2) is 16.6. The number of benzene rings is 8. The summed E-state index contributed by atoms with van der Waals surface area (Å²) in [7, 11) is 0. The Morgan fingerprint density at radius 2 is 1.24 bits per heavy atom. The highest BCUT2D eigenvalue weighted by molar-refractivity contribution is 5.89. The highest BCUT2D eigenvalue weighted by atomic mass is 15.1. The Morgan fingerprint density at radius 3 is 2.00 bits per heavy atom. The molecule has 8 aromatic rings. The van der Waals surface area contributed by atoms with E-state index >= 15 is 0 Å². The highest BCUT2D eigenvalue weighted by Crippen LogP contribution is 2.57. The van der Waals surface area contributed by atoms with Crippen LogP contribution < -0.4 is 15.3 Å². The van der Waals surface area contributed by atoms with Gasteiger partial charge in [-0.15, -0.1) is 0 Å². The molecule has 0 N–H and O–H groups in total. The number of allylic oxidation sites excluding steroid dienone is 6. The zero-order valence-corrected chi connectivity index (χ0v) is 37.9. The summed E-state index contributed by atoms with van der Waals surface area (Å²) in [6.45, 7) is 4.69. The summed E-state index contributed by atoms with van der Waals surface area (Å²) in [6, 6.07) is 66.3. The maximum Gasteiger partial charge on any atom is 0.0464 e. The lowest BCUT2D eigenvalue weighted by Gasteiger charge is -2.35. The van der Waals surface area contributed by atoms with E-state index in [1.165, 1.54) is 102 Å². The van der Waals surface area contributed by atoms with E-state index in [4.69, 9.17) is 0 Å². The van der Waals surface area contributed by atoms with Crippen molar-refractivity contribution in [2.75, 3.05) is 4.90 Å². The molecule has 0 amide bonds. The smallest absolute Gasteiger partial charge is 0.0464 e. The van der Waals surface area contributed by atoms with Gasteiger partial charge in [0.25, 0.3) is 0 Å². The Labute approximate surface area is 390 Å². The average molecular weight is 850 g/mol. The molecule has 320 valence electrons. The van der Waals surface area contributed by atoms with E-state index in [1.807, 2.05) is 0 Å². The van der Waals surface area contributed by atoms with Crippen molar-refractivity contribution in [3.63, 3.8) is 0 Å². The van der Waals surface area contributed by atoms with Gasteiger partial charge in [0.05, 0.1) is 0 Å². The van der Waals surface area contributed by atoms with Crippen LogP contribution in [0.2, 0.25) is 0 Å². The lowest BCUT2D eigenvalue weighted by atomic mass is 9.68. The van der Waals surface area contributed by atoms with Gasteiger partial charge in [0.1, 0.15) is 0 Å². The van der Waals surface area contributed by atoms with Crippen molar-refractivity contribution in [2.45, 2.75) is 62.7 Å². The third-order valence-electron chi connectivity index (χ3n) is 15.4. The van der Waals surface area contributed by atoms with Crippen LogP contribution in [0.15, 0.2) is 212 Å². The molecule has 0 aromatic heterocycles. The summed E-state index contributed by atoms with van der Waals surface area (Å²) < 4.78 is 0. The van der Waals surface area contributed by atoms with Gasteiger partial charge in [-0.1, -0.05) is 195 Å². The van der Waals surface area contributed by atoms with Gasteiger partial charge in [-0.05, 0) is 146 Å². The molecule has 1 nitrogen and oxygen atoms in total. The van der Waals surface area contributed by atoms with Crippen molar-refractivity contribution in [1.29, 1.82) is 0 Å². The number of hydrogen-bond acceptors (Lipinski definition) is 1. The number of rotatable bonds is 8. The Hall–Kier alpha value is -7.22. The normalized spacial score (nSPS) is 21.4. The van der Waals surface area contributed by atoms with Gasteiger partial charge >= 0.3 is 0 Å². The van der Waals surface area contributed by atoms with Gasteiger partial charge in [0.15, 0.2) is 0 Å². The number of nitrogens with zero attached hydrogens (tertiary/aromatic N) is 1. The number of fused-ring (bicyclic) bond motifs is 6. The number of anilines is 3. The van der Waals surface area contributed by atoms with Crippen molar-refractivity contribution < 1.29 is 0 Å². The zero-order chi connectivity index (χ0) is 44.2. The first-order chi connectivity index (χ1) is 32.5. The maximum atomic E-state index is 2.56. The minimum absolute atomic E-state index is 0.179. The largest absolute Gasteiger partial charge is 0.310 e. The Morgan fingerprint density at radius 1 is 0.545 bits per heavy atom. The summed E-state index contributed by atoms with van der Waals surface area (Å²) in [5, 5.41) is 5.58. The van der Waals surface area contributed by atoms with Crippen LogP contribution in [0.25, 0.3) is 45.2 Å². The Balaban J connectivity index is 0.947. The van der Waals surface area contributed by atoms with Crippen molar-refractivity contribution in [1.82, 2.24) is 0 Å². The molecular formula is C65H55N. The third kappa shape index (κ3) is 7.01. The second-order valence-electron chi connectivity index (χ2n) is 19.3. The first-order valence-electron chi connectivity index (χ1n) is 24.1. The summed E-state index contributed by atoms with van der Waals surface area (Å²) >= 11 is 0. The molecule has 5 unspecified atom stereocenters. The minimum Gasteiger partial charge on any atom is -0.310 e.